The van der Waals surface area contributed by atoms with Crippen LogP contribution in [0.4, 0.5) is 5.69 Å². The molecule has 1 aliphatic rings. The summed E-state index contributed by atoms with van der Waals surface area (Å²) in [7, 11) is 2.98. The zero-order valence-corrected chi connectivity index (χ0v) is 14.8. The Morgan fingerprint density at radius 1 is 1.15 bits per heavy atom. The van der Waals surface area contributed by atoms with E-state index < -0.39 is 11.5 Å². The molecule has 1 aliphatic carbocycles. The molecular formula is C19H20N2O5. The van der Waals surface area contributed by atoms with Gasteiger partial charge in [-0.15, -0.1) is 0 Å². The number of anilines is 1. The molecule has 26 heavy (non-hydrogen) atoms. The smallest absolute Gasteiger partial charge is 0.261 e. The summed E-state index contributed by atoms with van der Waals surface area (Å²) in [5.41, 5.74) is 0.732. The van der Waals surface area contributed by atoms with Gasteiger partial charge in [0.1, 0.15) is 17.1 Å². The zero-order chi connectivity index (χ0) is 18.8. The SMILES string of the molecule is COc1ccc(OC)c(NC(=O)c2cc3c([nH]c2=O)C[C@@H](C)CC3=O)c1. The van der Waals surface area contributed by atoms with Crippen molar-refractivity contribution < 1.29 is 19.1 Å². The first kappa shape index (κ1) is 17.7. The molecule has 1 heterocycles. The van der Waals surface area contributed by atoms with E-state index >= 15 is 0 Å². The van der Waals surface area contributed by atoms with Crippen LogP contribution in [0.15, 0.2) is 29.1 Å². The van der Waals surface area contributed by atoms with Crippen molar-refractivity contribution in [3.05, 3.63) is 51.4 Å². The first-order chi connectivity index (χ1) is 12.4. The number of aromatic amines is 1. The van der Waals surface area contributed by atoms with Gasteiger partial charge >= 0.3 is 0 Å². The molecule has 0 saturated heterocycles. The highest BCUT2D eigenvalue weighted by Gasteiger charge is 2.26. The number of hydrogen-bond acceptors (Lipinski definition) is 5. The van der Waals surface area contributed by atoms with Gasteiger partial charge in [0.2, 0.25) is 0 Å². The summed E-state index contributed by atoms with van der Waals surface area (Å²) in [6.07, 6.45) is 1.02. The molecule has 3 rings (SSSR count). The number of carbonyl (C=O) groups excluding carboxylic acids is 2. The summed E-state index contributed by atoms with van der Waals surface area (Å²) >= 11 is 0. The highest BCUT2D eigenvalue weighted by atomic mass is 16.5. The predicted molar refractivity (Wildman–Crippen MR) is 96.4 cm³/mol. The van der Waals surface area contributed by atoms with Crippen molar-refractivity contribution in [2.24, 2.45) is 5.92 Å². The van der Waals surface area contributed by atoms with Gasteiger partial charge in [0.25, 0.3) is 11.5 Å². The average Bonchev–Trinajstić information content (AvgIpc) is 2.60. The summed E-state index contributed by atoms with van der Waals surface area (Å²) in [6, 6.07) is 6.32. The molecule has 0 saturated carbocycles. The number of amides is 1. The third-order valence-corrected chi connectivity index (χ3v) is 4.41. The van der Waals surface area contributed by atoms with Crippen molar-refractivity contribution in [2.45, 2.75) is 19.8 Å². The quantitative estimate of drug-likeness (QED) is 0.877. The highest BCUT2D eigenvalue weighted by molar-refractivity contribution is 6.07. The van der Waals surface area contributed by atoms with E-state index in [9.17, 15) is 14.4 Å². The zero-order valence-electron chi connectivity index (χ0n) is 14.8. The summed E-state index contributed by atoms with van der Waals surface area (Å²) in [6.45, 7) is 1.95. The lowest BCUT2D eigenvalue weighted by Gasteiger charge is -2.20. The van der Waals surface area contributed by atoms with E-state index in [-0.39, 0.29) is 17.3 Å². The van der Waals surface area contributed by atoms with Crippen LogP contribution >= 0.6 is 0 Å². The molecule has 1 atom stereocenters. The fourth-order valence-corrected chi connectivity index (χ4v) is 3.10. The predicted octanol–water partition coefficient (Wildman–Crippen LogP) is 2.41. The van der Waals surface area contributed by atoms with Crippen LogP contribution in [-0.2, 0) is 6.42 Å². The van der Waals surface area contributed by atoms with Crippen LogP contribution in [-0.4, -0.2) is 30.9 Å². The first-order valence-corrected chi connectivity index (χ1v) is 8.25. The Hall–Kier alpha value is -3.09. The third-order valence-electron chi connectivity index (χ3n) is 4.41. The second-order valence-corrected chi connectivity index (χ2v) is 6.36. The number of pyridine rings is 1. The number of carbonyl (C=O) groups is 2. The highest BCUT2D eigenvalue weighted by Crippen LogP contribution is 2.29. The van der Waals surface area contributed by atoms with Crippen molar-refractivity contribution in [1.29, 1.82) is 0 Å². The van der Waals surface area contributed by atoms with E-state index in [2.05, 4.69) is 10.3 Å². The van der Waals surface area contributed by atoms with Gasteiger partial charge in [-0.05, 0) is 30.5 Å². The van der Waals surface area contributed by atoms with Crippen LogP contribution in [0, 0.1) is 5.92 Å². The average molecular weight is 356 g/mol. The summed E-state index contributed by atoms with van der Waals surface area (Å²) in [4.78, 5) is 39.9. The molecule has 0 spiro atoms. The number of benzene rings is 1. The molecular weight excluding hydrogens is 336 g/mol. The lowest BCUT2D eigenvalue weighted by atomic mass is 9.86. The Labute approximate surface area is 150 Å². The van der Waals surface area contributed by atoms with Crippen molar-refractivity contribution in [3.63, 3.8) is 0 Å². The van der Waals surface area contributed by atoms with Gasteiger partial charge in [0, 0.05) is 23.7 Å². The van der Waals surface area contributed by atoms with Crippen molar-refractivity contribution >= 4 is 17.4 Å². The number of Topliss-reactive ketones (excluding diaryl/α,β-unsaturated/α-hetero) is 1. The molecule has 0 unspecified atom stereocenters. The fourth-order valence-electron chi connectivity index (χ4n) is 3.10. The number of rotatable bonds is 4. The molecule has 1 aromatic carbocycles. The number of aromatic nitrogens is 1. The molecule has 0 radical (unpaired) electrons. The topological polar surface area (TPSA) is 97.5 Å². The molecule has 0 aliphatic heterocycles. The summed E-state index contributed by atoms with van der Waals surface area (Å²) < 4.78 is 10.4. The molecule has 136 valence electrons. The largest absolute Gasteiger partial charge is 0.497 e. The maximum atomic E-state index is 12.6. The van der Waals surface area contributed by atoms with Crippen LogP contribution in [0.2, 0.25) is 0 Å². The second kappa shape index (κ2) is 7.03. The molecule has 2 N–H and O–H groups in total. The lowest BCUT2D eigenvalue weighted by molar-refractivity contribution is 0.0952. The lowest BCUT2D eigenvalue weighted by Crippen LogP contribution is -2.29. The van der Waals surface area contributed by atoms with Crippen LogP contribution in [0.5, 0.6) is 11.5 Å². The monoisotopic (exact) mass is 356 g/mol. The van der Waals surface area contributed by atoms with Gasteiger partial charge in [-0.25, -0.2) is 0 Å². The number of ether oxygens (including phenoxy) is 2. The number of H-pyrrole nitrogens is 1. The van der Waals surface area contributed by atoms with Crippen molar-refractivity contribution in [1.82, 2.24) is 4.98 Å². The Morgan fingerprint density at radius 3 is 2.62 bits per heavy atom. The Balaban J connectivity index is 1.95. The van der Waals surface area contributed by atoms with E-state index in [1.807, 2.05) is 6.92 Å². The first-order valence-electron chi connectivity index (χ1n) is 8.25. The molecule has 0 bridgehead atoms. The van der Waals surface area contributed by atoms with E-state index in [0.29, 0.717) is 41.3 Å². The maximum absolute atomic E-state index is 12.6. The third kappa shape index (κ3) is 3.33. The van der Waals surface area contributed by atoms with E-state index in [0.717, 1.165) is 0 Å². The molecule has 1 aromatic heterocycles. The minimum absolute atomic E-state index is 0.0667. The normalized spacial score (nSPS) is 16.0. The number of nitrogens with one attached hydrogen (secondary N) is 2. The van der Waals surface area contributed by atoms with Crippen molar-refractivity contribution in [2.75, 3.05) is 19.5 Å². The van der Waals surface area contributed by atoms with Gasteiger partial charge in [0.15, 0.2) is 5.78 Å². The number of ketones is 1. The van der Waals surface area contributed by atoms with Crippen LogP contribution < -0.4 is 20.3 Å². The van der Waals surface area contributed by atoms with Gasteiger partial charge in [-0.2, -0.15) is 0 Å². The van der Waals surface area contributed by atoms with E-state index in [4.69, 9.17) is 9.47 Å². The minimum atomic E-state index is -0.618. The van der Waals surface area contributed by atoms with E-state index in [1.54, 1.807) is 18.2 Å². The van der Waals surface area contributed by atoms with Crippen LogP contribution in [0.25, 0.3) is 0 Å². The second-order valence-electron chi connectivity index (χ2n) is 6.36. The maximum Gasteiger partial charge on any atom is 0.261 e. The van der Waals surface area contributed by atoms with Crippen LogP contribution in [0.1, 0.15) is 39.8 Å². The van der Waals surface area contributed by atoms with Crippen LogP contribution in [0.3, 0.4) is 0 Å². The molecule has 7 nitrogen and oxygen atoms in total. The minimum Gasteiger partial charge on any atom is -0.497 e. The Kier molecular flexibility index (Phi) is 4.79. The Morgan fingerprint density at radius 2 is 1.92 bits per heavy atom. The van der Waals surface area contributed by atoms with Gasteiger partial charge < -0.3 is 19.8 Å². The molecule has 2 aromatic rings. The number of hydrogen-bond donors (Lipinski definition) is 2. The van der Waals surface area contributed by atoms with Crippen molar-refractivity contribution in [3.8, 4) is 11.5 Å². The molecule has 1 amide bonds. The molecule has 0 fully saturated rings. The van der Waals surface area contributed by atoms with Gasteiger partial charge in [0.05, 0.1) is 19.9 Å². The number of fused-ring (bicyclic) bond motifs is 1. The van der Waals surface area contributed by atoms with Gasteiger partial charge in [-0.1, -0.05) is 6.92 Å². The summed E-state index contributed by atoms with van der Waals surface area (Å²) in [5, 5.41) is 2.65. The van der Waals surface area contributed by atoms with Gasteiger partial charge in [-0.3, -0.25) is 14.4 Å². The standard InChI is InChI=1S/C19H20N2O5/c1-10-6-14-12(16(22)7-10)9-13(18(23)20-14)19(24)21-15-8-11(25-2)4-5-17(15)26-3/h4-5,8-10H,6-7H2,1-3H3,(H,20,23)(H,21,24)/t10-/m1/s1. The summed E-state index contributed by atoms with van der Waals surface area (Å²) in [5.74, 6) is 0.449. The molecule has 7 heteroatoms. The van der Waals surface area contributed by atoms with E-state index in [1.165, 1.54) is 20.3 Å². The fraction of sp³-hybridized carbons (Fsp3) is 0.316. The number of methoxy groups -OCH3 is 2. The Bertz CT molecular complexity index is 932.